The fraction of sp³-hybridized carbons (Fsp3) is 0.231. The SMILES string of the molecule is C=C(Br)CN1C(=O)C(=O)c2c(C)cc(C)cc21. The Morgan fingerprint density at radius 3 is 2.59 bits per heavy atom. The Kier molecular flexibility index (Phi) is 2.91. The van der Waals surface area contributed by atoms with Gasteiger partial charge in [0.05, 0.1) is 17.8 Å². The highest BCUT2D eigenvalue weighted by Crippen LogP contribution is 2.33. The standard InChI is InChI=1S/C13H12BrNO2/c1-7-4-8(2)11-10(5-7)15(6-9(3)14)13(17)12(11)16/h4-5H,3,6H2,1-2H3. The van der Waals surface area contributed by atoms with Gasteiger partial charge in [0.2, 0.25) is 0 Å². The van der Waals surface area contributed by atoms with Gasteiger partial charge in [-0.05, 0) is 31.0 Å². The lowest BCUT2D eigenvalue weighted by Gasteiger charge is -2.16. The Balaban J connectivity index is 2.59. The number of ketones is 1. The molecule has 1 amide bonds. The van der Waals surface area contributed by atoms with Crippen molar-refractivity contribution in [3.63, 3.8) is 0 Å². The number of hydrogen-bond donors (Lipinski definition) is 0. The van der Waals surface area contributed by atoms with Gasteiger partial charge in [0.15, 0.2) is 0 Å². The van der Waals surface area contributed by atoms with E-state index in [4.69, 9.17) is 0 Å². The van der Waals surface area contributed by atoms with Crippen LogP contribution in [0.3, 0.4) is 0 Å². The van der Waals surface area contributed by atoms with Crippen LogP contribution in [0.1, 0.15) is 21.5 Å². The van der Waals surface area contributed by atoms with Gasteiger partial charge >= 0.3 is 0 Å². The van der Waals surface area contributed by atoms with Crippen LogP contribution in [0.5, 0.6) is 0 Å². The number of carbonyl (C=O) groups excluding carboxylic acids is 2. The first-order chi connectivity index (χ1) is 7.91. The van der Waals surface area contributed by atoms with Crippen LogP contribution in [0, 0.1) is 13.8 Å². The maximum absolute atomic E-state index is 11.9. The fourth-order valence-electron chi connectivity index (χ4n) is 2.12. The van der Waals surface area contributed by atoms with Gasteiger partial charge in [-0.2, -0.15) is 0 Å². The molecule has 1 aliphatic rings. The molecular formula is C13H12BrNO2. The van der Waals surface area contributed by atoms with Crippen LogP contribution in [0.2, 0.25) is 0 Å². The van der Waals surface area contributed by atoms with Crippen molar-refractivity contribution in [1.82, 2.24) is 0 Å². The van der Waals surface area contributed by atoms with Crippen molar-refractivity contribution in [2.75, 3.05) is 11.4 Å². The third-order valence-corrected chi connectivity index (χ3v) is 3.00. The number of carbonyl (C=O) groups is 2. The summed E-state index contributed by atoms with van der Waals surface area (Å²) in [5, 5.41) is 0. The normalized spacial score (nSPS) is 14.2. The molecule has 1 heterocycles. The van der Waals surface area contributed by atoms with Gasteiger partial charge in [-0.3, -0.25) is 14.5 Å². The van der Waals surface area contributed by atoms with Crippen molar-refractivity contribution in [3.8, 4) is 0 Å². The third-order valence-electron chi connectivity index (χ3n) is 2.75. The number of nitrogens with zero attached hydrogens (tertiary/aromatic N) is 1. The molecule has 0 atom stereocenters. The second-order valence-electron chi connectivity index (χ2n) is 4.21. The van der Waals surface area contributed by atoms with Crippen molar-refractivity contribution >= 4 is 33.3 Å². The highest BCUT2D eigenvalue weighted by atomic mass is 79.9. The van der Waals surface area contributed by atoms with Crippen LogP contribution in [-0.4, -0.2) is 18.2 Å². The summed E-state index contributed by atoms with van der Waals surface area (Å²) in [6, 6.07) is 3.78. The smallest absolute Gasteiger partial charge is 0.299 e. The van der Waals surface area contributed by atoms with Gasteiger partial charge in [-0.15, -0.1) is 0 Å². The minimum Gasteiger partial charge on any atom is -0.300 e. The number of amides is 1. The van der Waals surface area contributed by atoms with E-state index in [1.165, 1.54) is 4.90 Å². The molecule has 1 aromatic carbocycles. The molecule has 2 rings (SSSR count). The molecule has 4 heteroatoms. The molecular weight excluding hydrogens is 282 g/mol. The average Bonchev–Trinajstić information content (AvgIpc) is 2.42. The molecule has 0 unspecified atom stereocenters. The summed E-state index contributed by atoms with van der Waals surface area (Å²) >= 11 is 3.22. The van der Waals surface area contributed by atoms with Gasteiger partial charge in [-0.25, -0.2) is 0 Å². The van der Waals surface area contributed by atoms with Crippen molar-refractivity contribution in [2.45, 2.75) is 13.8 Å². The molecule has 0 fully saturated rings. The topological polar surface area (TPSA) is 37.4 Å². The summed E-state index contributed by atoms with van der Waals surface area (Å²) < 4.78 is 0.672. The number of halogens is 1. The summed E-state index contributed by atoms with van der Waals surface area (Å²) in [6.07, 6.45) is 0. The molecule has 1 aliphatic heterocycles. The van der Waals surface area contributed by atoms with Gasteiger partial charge in [0, 0.05) is 4.48 Å². The van der Waals surface area contributed by atoms with E-state index < -0.39 is 11.7 Å². The van der Waals surface area contributed by atoms with E-state index in [0.717, 1.165) is 11.1 Å². The minimum absolute atomic E-state index is 0.320. The van der Waals surface area contributed by atoms with Crippen LogP contribution in [0.15, 0.2) is 23.2 Å². The first kappa shape index (κ1) is 12.0. The predicted octanol–water partition coefficient (Wildman–Crippen LogP) is 2.74. The number of anilines is 1. The van der Waals surface area contributed by atoms with Gasteiger partial charge in [0.25, 0.3) is 11.7 Å². The Bertz CT molecular complexity index is 549. The molecule has 3 nitrogen and oxygen atoms in total. The molecule has 0 aliphatic carbocycles. The fourth-order valence-corrected chi connectivity index (χ4v) is 2.37. The third kappa shape index (κ3) is 1.93. The van der Waals surface area contributed by atoms with Crippen molar-refractivity contribution in [2.24, 2.45) is 0 Å². The quantitative estimate of drug-likeness (QED) is 0.787. The summed E-state index contributed by atoms with van der Waals surface area (Å²) in [7, 11) is 0. The molecule has 0 saturated heterocycles. The lowest BCUT2D eigenvalue weighted by Crippen LogP contribution is -2.30. The van der Waals surface area contributed by atoms with Crippen molar-refractivity contribution in [3.05, 3.63) is 39.9 Å². The maximum atomic E-state index is 11.9. The van der Waals surface area contributed by atoms with Crippen LogP contribution in [-0.2, 0) is 4.79 Å². The zero-order valence-corrected chi connectivity index (χ0v) is 11.3. The second-order valence-corrected chi connectivity index (χ2v) is 5.34. The first-order valence-corrected chi connectivity index (χ1v) is 6.02. The number of Topliss-reactive ketones (excluding diaryl/α,β-unsaturated/α-hetero) is 1. The number of fused-ring (bicyclic) bond motifs is 1. The van der Waals surface area contributed by atoms with Crippen LogP contribution in [0.4, 0.5) is 5.69 Å². The Morgan fingerprint density at radius 1 is 1.35 bits per heavy atom. The molecule has 0 N–H and O–H groups in total. The van der Waals surface area contributed by atoms with Gasteiger partial charge < -0.3 is 0 Å². The second kappa shape index (κ2) is 4.11. The van der Waals surface area contributed by atoms with E-state index in [-0.39, 0.29) is 0 Å². The van der Waals surface area contributed by atoms with E-state index in [1.807, 2.05) is 26.0 Å². The predicted molar refractivity (Wildman–Crippen MR) is 70.7 cm³/mol. The Labute approximate surface area is 108 Å². The summed E-state index contributed by atoms with van der Waals surface area (Å²) in [5.74, 6) is -0.902. The molecule has 0 aromatic heterocycles. The lowest BCUT2D eigenvalue weighted by atomic mass is 10.0. The lowest BCUT2D eigenvalue weighted by molar-refractivity contribution is -0.114. The van der Waals surface area contributed by atoms with E-state index in [2.05, 4.69) is 22.5 Å². The van der Waals surface area contributed by atoms with Crippen LogP contribution >= 0.6 is 15.9 Å². The summed E-state index contributed by atoms with van der Waals surface area (Å²) in [4.78, 5) is 25.2. The Morgan fingerprint density at radius 2 is 2.00 bits per heavy atom. The maximum Gasteiger partial charge on any atom is 0.299 e. The van der Waals surface area contributed by atoms with Gasteiger partial charge in [0.1, 0.15) is 0 Å². The molecule has 1 aromatic rings. The first-order valence-electron chi connectivity index (χ1n) is 5.22. The summed E-state index contributed by atoms with van der Waals surface area (Å²) in [6.45, 7) is 7.82. The van der Waals surface area contributed by atoms with E-state index in [1.54, 1.807) is 0 Å². The van der Waals surface area contributed by atoms with Gasteiger partial charge in [-0.1, -0.05) is 28.6 Å². The molecule has 17 heavy (non-hydrogen) atoms. The van der Waals surface area contributed by atoms with Crippen molar-refractivity contribution in [1.29, 1.82) is 0 Å². The van der Waals surface area contributed by atoms with E-state index in [0.29, 0.717) is 22.3 Å². The molecule has 88 valence electrons. The highest BCUT2D eigenvalue weighted by Gasteiger charge is 2.36. The number of benzene rings is 1. The Hall–Kier alpha value is -1.42. The highest BCUT2D eigenvalue weighted by molar-refractivity contribution is 9.11. The van der Waals surface area contributed by atoms with Crippen LogP contribution in [0.25, 0.3) is 0 Å². The zero-order chi connectivity index (χ0) is 12.7. The zero-order valence-electron chi connectivity index (χ0n) is 9.71. The minimum atomic E-state index is -0.477. The number of aryl methyl sites for hydroxylation is 2. The van der Waals surface area contributed by atoms with Crippen molar-refractivity contribution < 1.29 is 9.59 Å². The molecule has 0 spiro atoms. The monoisotopic (exact) mass is 293 g/mol. The average molecular weight is 294 g/mol. The largest absolute Gasteiger partial charge is 0.300 e. The molecule has 0 bridgehead atoms. The molecule has 0 saturated carbocycles. The van der Waals surface area contributed by atoms with E-state index in [9.17, 15) is 9.59 Å². The molecule has 0 radical (unpaired) electrons. The number of hydrogen-bond acceptors (Lipinski definition) is 2. The number of rotatable bonds is 2. The summed E-state index contributed by atoms with van der Waals surface area (Å²) in [5.41, 5.74) is 3.10. The van der Waals surface area contributed by atoms with Crippen LogP contribution < -0.4 is 4.90 Å². The van der Waals surface area contributed by atoms with E-state index >= 15 is 0 Å².